The summed E-state index contributed by atoms with van der Waals surface area (Å²) < 4.78 is 5.73. The minimum atomic E-state index is -0.612. The molecule has 0 radical (unpaired) electrons. The number of amides is 1. The Bertz CT molecular complexity index is 511. The maximum Gasteiger partial charge on any atom is 0.328 e. The largest absolute Gasteiger partial charge is 0.467 e. The van der Waals surface area contributed by atoms with Crippen LogP contribution in [0.25, 0.3) is 0 Å². The summed E-state index contributed by atoms with van der Waals surface area (Å²) in [6.45, 7) is 3.86. The fourth-order valence-corrected chi connectivity index (χ4v) is 2.65. The normalized spacial score (nSPS) is 11.9. The van der Waals surface area contributed by atoms with E-state index in [2.05, 4.69) is 21.2 Å². The van der Waals surface area contributed by atoms with E-state index in [0.29, 0.717) is 12.0 Å². The first kappa shape index (κ1) is 18.0. The molecule has 0 aliphatic heterocycles. The Labute approximate surface area is 138 Å². The zero-order valence-corrected chi connectivity index (χ0v) is 15.1. The van der Waals surface area contributed by atoms with Crippen molar-refractivity contribution in [3.8, 4) is 0 Å². The molecule has 0 spiro atoms. The molecule has 0 saturated heterocycles. The minimum Gasteiger partial charge on any atom is -0.467 e. The molecule has 21 heavy (non-hydrogen) atoms. The molecule has 0 saturated carbocycles. The van der Waals surface area contributed by atoms with Crippen LogP contribution in [-0.2, 0) is 9.53 Å². The zero-order chi connectivity index (χ0) is 16.0. The van der Waals surface area contributed by atoms with Crippen LogP contribution in [0.5, 0.6) is 0 Å². The smallest absolute Gasteiger partial charge is 0.328 e. The van der Waals surface area contributed by atoms with Crippen molar-refractivity contribution in [1.82, 2.24) is 5.32 Å². The lowest BCUT2D eigenvalue weighted by Crippen LogP contribution is -2.42. The highest BCUT2D eigenvalue weighted by Crippen LogP contribution is 2.22. The topological polar surface area (TPSA) is 55.4 Å². The molecule has 1 amide bonds. The van der Waals surface area contributed by atoms with Crippen LogP contribution in [-0.4, -0.2) is 37.0 Å². The summed E-state index contributed by atoms with van der Waals surface area (Å²) in [4.78, 5) is 24.0. The van der Waals surface area contributed by atoms with Gasteiger partial charge < -0.3 is 10.1 Å². The monoisotopic (exact) mass is 373 g/mol. The molecule has 0 unspecified atom stereocenters. The van der Waals surface area contributed by atoms with Crippen molar-refractivity contribution in [3.63, 3.8) is 0 Å². The number of esters is 1. The van der Waals surface area contributed by atoms with E-state index in [1.54, 1.807) is 23.9 Å². The maximum atomic E-state index is 12.3. The number of hydrogen-bond donors (Lipinski definition) is 1. The molecule has 4 nitrogen and oxygen atoms in total. The van der Waals surface area contributed by atoms with Crippen molar-refractivity contribution in [2.24, 2.45) is 0 Å². The average Bonchev–Trinajstić information content (AvgIpc) is 2.47. The van der Waals surface area contributed by atoms with E-state index >= 15 is 0 Å². The standard InChI is InChI=1S/C15H20BrNO3S/c1-9-7-11(8-10(2)13(9)16)14(18)17-12(5-6-21-4)15(19)20-3/h7-8,12H,5-6H2,1-4H3,(H,17,18)/t12-/m0/s1. The second kappa shape index (κ2) is 8.44. The molecule has 6 heteroatoms. The SMILES string of the molecule is COC(=O)[C@H](CCSC)NC(=O)c1cc(C)c(Br)c(C)c1. The second-order valence-electron chi connectivity index (χ2n) is 4.75. The molecular formula is C15H20BrNO3S. The van der Waals surface area contributed by atoms with E-state index in [1.807, 2.05) is 20.1 Å². The summed E-state index contributed by atoms with van der Waals surface area (Å²) in [5.41, 5.74) is 2.52. The number of carbonyl (C=O) groups excluding carboxylic acids is 2. The third-order valence-electron chi connectivity index (χ3n) is 3.10. The fraction of sp³-hybridized carbons (Fsp3) is 0.467. The number of thioether (sulfide) groups is 1. The summed E-state index contributed by atoms with van der Waals surface area (Å²) in [5, 5.41) is 2.75. The van der Waals surface area contributed by atoms with Gasteiger partial charge in [-0.15, -0.1) is 0 Å². The number of rotatable bonds is 6. The number of aryl methyl sites for hydroxylation is 2. The number of methoxy groups -OCH3 is 1. The molecule has 116 valence electrons. The Morgan fingerprint density at radius 2 is 1.90 bits per heavy atom. The van der Waals surface area contributed by atoms with Crippen LogP contribution >= 0.6 is 27.7 Å². The van der Waals surface area contributed by atoms with Gasteiger partial charge in [0.1, 0.15) is 6.04 Å². The molecule has 0 aliphatic rings. The van der Waals surface area contributed by atoms with Crippen molar-refractivity contribution in [1.29, 1.82) is 0 Å². The van der Waals surface area contributed by atoms with Crippen LogP contribution in [0.3, 0.4) is 0 Å². The number of benzene rings is 1. The predicted octanol–water partition coefficient (Wildman–Crippen LogP) is 3.09. The first-order valence-corrected chi connectivity index (χ1v) is 8.73. The van der Waals surface area contributed by atoms with Gasteiger partial charge in [-0.3, -0.25) is 4.79 Å². The van der Waals surface area contributed by atoms with Gasteiger partial charge in [-0.05, 0) is 55.5 Å². The van der Waals surface area contributed by atoms with Gasteiger partial charge in [-0.25, -0.2) is 4.79 Å². The van der Waals surface area contributed by atoms with Crippen molar-refractivity contribution >= 4 is 39.6 Å². The molecule has 1 atom stereocenters. The molecule has 0 fully saturated rings. The number of nitrogens with one attached hydrogen (secondary N) is 1. The summed E-state index contributed by atoms with van der Waals surface area (Å²) in [6.07, 6.45) is 2.51. The molecule has 0 bridgehead atoms. The van der Waals surface area contributed by atoms with Crippen molar-refractivity contribution in [3.05, 3.63) is 33.3 Å². The Hall–Kier alpha value is -1.01. The van der Waals surface area contributed by atoms with Gasteiger partial charge >= 0.3 is 5.97 Å². The molecular weight excluding hydrogens is 354 g/mol. The van der Waals surface area contributed by atoms with Crippen LogP contribution in [0.2, 0.25) is 0 Å². The van der Waals surface area contributed by atoms with Crippen LogP contribution in [0, 0.1) is 13.8 Å². The zero-order valence-electron chi connectivity index (χ0n) is 12.7. The van der Waals surface area contributed by atoms with E-state index in [4.69, 9.17) is 4.74 Å². The second-order valence-corrected chi connectivity index (χ2v) is 6.53. The van der Waals surface area contributed by atoms with E-state index < -0.39 is 12.0 Å². The van der Waals surface area contributed by atoms with Gasteiger partial charge in [0.2, 0.25) is 0 Å². The van der Waals surface area contributed by atoms with Gasteiger partial charge in [-0.2, -0.15) is 11.8 Å². The van der Waals surface area contributed by atoms with Crippen molar-refractivity contribution in [2.45, 2.75) is 26.3 Å². The summed E-state index contributed by atoms with van der Waals surface area (Å²) in [5.74, 6) is 0.103. The summed E-state index contributed by atoms with van der Waals surface area (Å²) in [6, 6.07) is 2.99. The first-order chi connectivity index (χ1) is 9.90. The lowest BCUT2D eigenvalue weighted by Gasteiger charge is -2.16. The third kappa shape index (κ3) is 5.04. The highest BCUT2D eigenvalue weighted by molar-refractivity contribution is 9.10. The van der Waals surface area contributed by atoms with Gasteiger partial charge in [-0.1, -0.05) is 15.9 Å². The Morgan fingerprint density at radius 3 is 2.38 bits per heavy atom. The van der Waals surface area contributed by atoms with E-state index in [-0.39, 0.29) is 5.91 Å². The molecule has 1 aromatic rings. The van der Waals surface area contributed by atoms with E-state index in [9.17, 15) is 9.59 Å². The Morgan fingerprint density at radius 1 is 1.33 bits per heavy atom. The van der Waals surface area contributed by atoms with Crippen molar-refractivity contribution in [2.75, 3.05) is 19.1 Å². The van der Waals surface area contributed by atoms with Crippen LogP contribution in [0.15, 0.2) is 16.6 Å². The van der Waals surface area contributed by atoms with Crippen LogP contribution in [0.4, 0.5) is 0 Å². The van der Waals surface area contributed by atoms with Gasteiger partial charge in [0.05, 0.1) is 7.11 Å². The first-order valence-electron chi connectivity index (χ1n) is 6.55. The van der Waals surface area contributed by atoms with Gasteiger partial charge in [0.25, 0.3) is 5.91 Å². The highest BCUT2D eigenvalue weighted by Gasteiger charge is 2.22. The fourth-order valence-electron chi connectivity index (χ4n) is 1.95. The number of carbonyl (C=O) groups is 2. The quantitative estimate of drug-likeness (QED) is 0.778. The van der Waals surface area contributed by atoms with Gasteiger partial charge in [0, 0.05) is 10.0 Å². The van der Waals surface area contributed by atoms with Crippen LogP contribution in [0.1, 0.15) is 27.9 Å². The highest BCUT2D eigenvalue weighted by atomic mass is 79.9. The molecule has 1 N–H and O–H groups in total. The molecule has 1 rings (SSSR count). The lowest BCUT2D eigenvalue weighted by atomic mass is 10.1. The van der Waals surface area contributed by atoms with Crippen LogP contribution < -0.4 is 5.32 Å². The van der Waals surface area contributed by atoms with E-state index in [0.717, 1.165) is 21.4 Å². The minimum absolute atomic E-state index is 0.259. The Kier molecular flexibility index (Phi) is 7.25. The molecule has 1 aromatic carbocycles. The number of hydrogen-bond acceptors (Lipinski definition) is 4. The third-order valence-corrected chi connectivity index (χ3v) is 5.00. The number of ether oxygens (including phenoxy) is 1. The summed E-state index contributed by atoms with van der Waals surface area (Å²) in [7, 11) is 1.33. The van der Waals surface area contributed by atoms with Crippen molar-refractivity contribution < 1.29 is 14.3 Å². The van der Waals surface area contributed by atoms with E-state index in [1.165, 1.54) is 7.11 Å². The maximum absolute atomic E-state index is 12.3. The average molecular weight is 374 g/mol. The molecule has 0 heterocycles. The predicted molar refractivity (Wildman–Crippen MR) is 89.9 cm³/mol. The number of halogens is 1. The molecule has 0 aliphatic carbocycles. The lowest BCUT2D eigenvalue weighted by molar-refractivity contribution is -0.142. The van der Waals surface area contributed by atoms with Gasteiger partial charge in [0.15, 0.2) is 0 Å². The summed E-state index contributed by atoms with van der Waals surface area (Å²) >= 11 is 5.10. The molecule has 0 aromatic heterocycles. The Balaban J connectivity index is 2.88.